The molecule has 2 unspecified atom stereocenters. The molecule has 2 rings (SSSR count). The Kier molecular flexibility index (Phi) is 3.66. The van der Waals surface area contributed by atoms with Crippen molar-refractivity contribution in [1.29, 1.82) is 0 Å². The summed E-state index contributed by atoms with van der Waals surface area (Å²) in [6, 6.07) is 2.71. The fraction of sp³-hybridized carbons (Fsp3) is 0.500. The second kappa shape index (κ2) is 5.04. The molecular formula is C12H15FN2OS. The number of hydrogen-bond acceptors (Lipinski definition) is 3. The van der Waals surface area contributed by atoms with Crippen LogP contribution in [-0.4, -0.2) is 39.4 Å². The summed E-state index contributed by atoms with van der Waals surface area (Å²) in [5.74, 6) is -0.617. The van der Waals surface area contributed by atoms with Crippen molar-refractivity contribution < 1.29 is 9.18 Å². The maximum atomic E-state index is 12.7. The van der Waals surface area contributed by atoms with E-state index in [1.807, 2.05) is 16.7 Å². The van der Waals surface area contributed by atoms with E-state index < -0.39 is 5.95 Å². The first kappa shape index (κ1) is 12.4. The number of thioether (sulfide) groups is 1. The number of halogens is 1. The van der Waals surface area contributed by atoms with Crippen molar-refractivity contribution in [3.05, 3.63) is 29.8 Å². The van der Waals surface area contributed by atoms with Gasteiger partial charge in [0.15, 0.2) is 0 Å². The van der Waals surface area contributed by atoms with Crippen LogP contribution in [0.25, 0.3) is 0 Å². The van der Waals surface area contributed by atoms with E-state index in [0.717, 1.165) is 13.1 Å². The molecule has 1 aliphatic rings. The molecule has 1 fully saturated rings. The molecule has 0 saturated carbocycles. The van der Waals surface area contributed by atoms with Crippen LogP contribution in [-0.2, 0) is 0 Å². The third kappa shape index (κ3) is 2.97. The molecule has 17 heavy (non-hydrogen) atoms. The van der Waals surface area contributed by atoms with Crippen molar-refractivity contribution in [3.8, 4) is 0 Å². The highest BCUT2D eigenvalue weighted by Gasteiger charge is 2.26. The summed E-state index contributed by atoms with van der Waals surface area (Å²) in [4.78, 5) is 17.5. The molecule has 3 nitrogen and oxygen atoms in total. The normalized spacial score (nSPS) is 24.8. The summed E-state index contributed by atoms with van der Waals surface area (Å²) in [7, 11) is 0. The molecular weight excluding hydrogens is 239 g/mol. The Bertz CT molecular complexity index is 399. The molecule has 0 spiro atoms. The minimum Gasteiger partial charge on any atom is -0.336 e. The first-order valence-electron chi connectivity index (χ1n) is 5.62. The van der Waals surface area contributed by atoms with Crippen LogP contribution >= 0.6 is 11.8 Å². The van der Waals surface area contributed by atoms with Crippen molar-refractivity contribution in [2.75, 3.05) is 13.1 Å². The van der Waals surface area contributed by atoms with Gasteiger partial charge in [-0.1, -0.05) is 13.8 Å². The summed E-state index contributed by atoms with van der Waals surface area (Å²) in [6.45, 7) is 5.71. The fourth-order valence-corrected chi connectivity index (χ4v) is 3.35. The largest absolute Gasteiger partial charge is 0.336 e. The third-order valence-electron chi connectivity index (χ3n) is 2.68. The van der Waals surface area contributed by atoms with Crippen LogP contribution in [0, 0.1) is 5.95 Å². The van der Waals surface area contributed by atoms with Crippen LogP contribution in [0.4, 0.5) is 4.39 Å². The molecule has 0 N–H and O–H groups in total. The van der Waals surface area contributed by atoms with Crippen molar-refractivity contribution >= 4 is 17.7 Å². The number of aromatic nitrogens is 1. The highest BCUT2D eigenvalue weighted by Crippen LogP contribution is 2.25. The number of pyridine rings is 1. The second-order valence-electron chi connectivity index (χ2n) is 4.34. The van der Waals surface area contributed by atoms with Gasteiger partial charge in [0.05, 0.1) is 5.56 Å². The quantitative estimate of drug-likeness (QED) is 0.720. The monoisotopic (exact) mass is 254 g/mol. The minimum absolute atomic E-state index is 0.0588. The van der Waals surface area contributed by atoms with E-state index in [4.69, 9.17) is 0 Å². The van der Waals surface area contributed by atoms with Crippen LogP contribution < -0.4 is 0 Å². The Labute approximate surface area is 104 Å². The summed E-state index contributed by atoms with van der Waals surface area (Å²) >= 11 is 1.89. The van der Waals surface area contributed by atoms with Gasteiger partial charge >= 0.3 is 0 Å². The van der Waals surface area contributed by atoms with Gasteiger partial charge in [0.2, 0.25) is 5.95 Å². The Morgan fingerprint density at radius 1 is 1.41 bits per heavy atom. The molecule has 1 amide bonds. The molecule has 0 bridgehead atoms. The predicted molar refractivity (Wildman–Crippen MR) is 66.6 cm³/mol. The average Bonchev–Trinajstić information content (AvgIpc) is 2.28. The second-order valence-corrected chi connectivity index (χ2v) is 6.22. The predicted octanol–water partition coefficient (Wildman–Crippen LogP) is 2.19. The van der Waals surface area contributed by atoms with Crippen molar-refractivity contribution in [2.45, 2.75) is 24.3 Å². The molecule has 0 aromatic carbocycles. The standard InChI is InChI=1S/C12H15FN2OS/c1-8-6-15(7-9(2)17-8)12(16)10-3-4-11(13)14-5-10/h3-5,8-9H,6-7H2,1-2H3. The van der Waals surface area contributed by atoms with E-state index in [0.29, 0.717) is 16.1 Å². The van der Waals surface area contributed by atoms with Crippen molar-refractivity contribution in [3.63, 3.8) is 0 Å². The molecule has 1 aromatic rings. The summed E-state index contributed by atoms with van der Waals surface area (Å²) < 4.78 is 12.7. The number of carbonyl (C=O) groups excluding carboxylic acids is 1. The average molecular weight is 254 g/mol. The van der Waals surface area contributed by atoms with E-state index in [1.165, 1.54) is 18.3 Å². The highest BCUT2D eigenvalue weighted by molar-refractivity contribution is 8.00. The first-order valence-corrected chi connectivity index (χ1v) is 6.57. The van der Waals surface area contributed by atoms with Gasteiger partial charge in [-0.05, 0) is 12.1 Å². The van der Waals surface area contributed by atoms with Crippen molar-refractivity contribution in [1.82, 2.24) is 9.88 Å². The number of hydrogen-bond donors (Lipinski definition) is 0. The molecule has 0 aliphatic carbocycles. The van der Waals surface area contributed by atoms with E-state index >= 15 is 0 Å². The number of rotatable bonds is 1. The van der Waals surface area contributed by atoms with E-state index in [2.05, 4.69) is 18.8 Å². The molecule has 0 radical (unpaired) electrons. The number of amides is 1. The summed E-state index contributed by atoms with van der Waals surface area (Å²) in [6.07, 6.45) is 1.30. The van der Waals surface area contributed by atoms with E-state index in [9.17, 15) is 9.18 Å². The Balaban J connectivity index is 2.11. The molecule has 1 saturated heterocycles. The SMILES string of the molecule is CC1CN(C(=O)c2ccc(F)nc2)CC(C)S1. The van der Waals surface area contributed by atoms with Gasteiger partial charge in [0.25, 0.3) is 5.91 Å². The van der Waals surface area contributed by atoms with Crippen LogP contribution in [0.15, 0.2) is 18.3 Å². The van der Waals surface area contributed by atoms with Gasteiger partial charge in [-0.25, -0.2) is 4.98 Å². The zero-order valence-corrected chi connectivity index (χ0v) is 10.7. The maximum absolute atomic E-state index is 12.7. The fourth-order valence-electron chi connectivity index (χ4n) is 2.03. The van der Waals surface area contributed by atoms with Crippen molar-refractivity contribution in [2.24, 2.45) is 0 Å². The zero-order valence-electron chi connectivity index (χ0n) is 9.89. The van der Waals surface area contributed by atoms with E-state index in [-0.39, 0.29) is 5.91 Å². The van der Waals surface area contributed by atoms with Gasteiger partial charge in [0.1, 0.15) is 0 Å². The minimum atomic E-state index is -0.558. The molecule has 1 aliphatic heterocycles. The van der Waals surface area contributed by atoms with Crippen LogP contribution in [0.1, 0.15) is 24.2 Å². The smallest absolute Gasteiger partial charge is 0.255 e. The molecule has 2 heterocycles. The summed E-state index contributed by atoms with van der Waals surface area (Å²) in [5.41, 5.74) is 0.456. The van der Waals surface area contributed by atoms with Crippen LogP contribution in [0.5, 0.6) is 0 Å². The zero-order chi connectivity index (χ0) is 12.4. The first-order chi connectivity index (χ1) is 8.06. The van der Waals surface area contributed by atoms with Crippen LogP contribution in [0.3, 0.4) is 0 Å². The lowest BCUT2D eigenvalue weighted by Crippen LogP contribution is -2.44. The van der Waals surface area contributed by atoms with Gasteiger partial charge in [-0.2, -0.15) is 16.2 Å². The maximum Gasteiger partial charge on any atom is 0.255 e. The van der Waals surface area contributed by atoms with Crippen LogP contribution in [0.2, 0.25) is 0 Å². The molecule has 5 heteroatoms. The topological polar surface area (TPSA) is 33.2 Å². The number of nitrogens with zero attached hydrogens (tertiary/aromatic N) is 2. The van der Waals surface area contributed by atoms with E-state index in [1.54, 1.807) is 0 Å². The molecule has 92 valence electrons. The van der Waals surface area contributed by atoms with Gasteiger partial charge in [-0.3, -0.25) is 4.79 Å². The highest BCUT2D eigenvalue weighted by atomic mass is 32.2. The van der Waals surface area contributed by atoms with Gasteiger partial charge in [0, 0.05) is 29.8 Å². The Morgan fingerprint density at radius 2 is 2.06 bits per heavy atom. The van der Waals surface area contributed by atoms with Gasteiger partial charge in [-0.15, -0.1) is 0 Å². The lowest BCUT2D eigenvalue weighted by atomic mass is 10.2. The molecule has 1 aromatic heterocycles. The summed E-state index contributed by atoms with van der Waals surface area (Å²) in [5, 5.41) is 0.882. The third-order valence-corrected chi connectivity index (χ3v) is 3.91. The number of carbonyl (C=O) groups is 1. The Morgan fingerprint density at radius 3 is 2.59 bits per heavy atom. The van der Waals surface area contributed by atoms with Gasteiger partial charge < -0.3 is 4.90 Å². The lowest BCUT2D eigenvalue weighted by Gasteiger charge is -2.34. The lowest BCUT2D eigenvalue weighted by molar-refractivity contribution is 0.0752. The Hall–Kier alpha value is -1.10. The molecule has 2 atom stereocenters.